The first-order valence-electron chi connectivity index (χ1n) is 38.2. The second-order valence-corrected chi connectivity index (χ2v) is 29.6. The number of aromatic nitrogens is 6. The molecule has 3 fully saturated rings. The van der Waals surface area contributed by atoms with Crippen molar-refractivity contribution in [3.8, 4) is 5.88 Å². The van der Waals surface area contributed by atoms with E-state index in [2.05, 4.69) is 60.6 Å². The normalized spacial score (nSPS) is 21.5. The first-order valence-corrected chi connectivity index (χ1v) is 38.2. The van der Waals surface area contributed by atoms with E-state index >= 15 is 4.39 Å². The highest BCUT2D eigenvalue weighted by Gasteiger charge is 2.38. The maximum absolute atomic E-state index is 15.6. The standard InChI is InChI=1S/C27H32F6N4O.C27H33F5N4O.C25H29F5N4O3/c28-24(29)23-21(2-1-14-34-23)25(38)36-20-5-10-26(30,11-6-20)13-17-37-15-8-18-3-4-19(7-12-27(31,32)33)35-22(18)9-16-37;28-25(29)24-22(2-1-14-33-24)26(37)35-20-6-3-18(4-7-20)10-15-36-16-11-19-5-8-21(9-13-27(30,31)32)34-23(19)12-17-36;26-23(27)22-19(2-1-10-31-22)24(35)32-17-4-5-18(36-14-17)8-12-34-11-7-16-3-6-21(33-20(16)9-13-34)37-15-25(28,29)30/h1-4,14,20,24H,5-13,15-17H2,(H,36,38);1-2,5,8,14,18,20,25H,3-4,6-7,9-13,15-17H2,(H,35,37);1-3,6,10,17-18,23H,4-5,7-9,11-15H2,(H,32,35). The van der Waals surface area contributed by atoms with Crippen LogP contribution in [0.3, 0.4) is 0 Å². The van der Waals surface area contributed by atoms with Crippen molar-refractivity contribution in [3.63, 3.8) is 0 Å². The number of aryl methyl sites for hydroxylation is 2. The van der Waals surface area contributed by atoms with Gasteiger partial charge in [-0.1, -0.05) is 18.2 Å². The number of nitrogens with one attached hydrogen (secondary N) is 3. The fourth-order valence-electron chi connectivity index (χ4n) is 15.1. The molecule has 1 saturated heterocycles. The molecule has 17 nitrogen and oxygen atoms in total. The van der Waals surface area contributed by atoms with Crippen LogP contribution in [0.2, 0.25) is 0 Å². The van der Waals surface area contributed by atoms with Crippen molar-refractivity contribution in [2.24, 2.45) is 5.92 Å². The van der Waals surface area contributed by atoms with Gasteiger partial charge in [-0.05, 0) is 193 Å². The molecule has 2 aliphatic carbocycles. The number of carbonyl (C=O) groups excluding carboxylic acids is 3. The lowest BCUT2D eigenvalue weighted by Crippen LogP contribution is -2.43. The zero-order valence-electron chi connectivity index (χ0n) is 61.9. The number of ether oxygens (including phenoxy) is 2. The summed E-state index contributed by atoms with van der Waals surface area (Å²) < 4.78 is 218. The van der Waals surface area contributed by atoms with Crippen molar-refractivity contribution >= 4 is 17.7 Å². The van der Waals surface area contributed by atoms with Crippen LogP contribution in [-0.4, -0.2) is 183 Å². The Morgan fingerprint density at radius 1 is 0.473 bits per heavy atom. The SMILES string of the molecule is O=C(NC1CCC(CCN2CCc3ccc(CCC(F)(F)F)nc3CC2)CC1)c1cccnc1C(F)F.O=C(NC1CCC(CCN2CCc3ccc(OCC(F)(F)F)nc3CC2)OC1)c1cccnc1C(F)F.O=C(NC1CCC(F)(CCN2CCc3ccc(CCC(F)(F)F)nc3CC2)CC1)c1cccnc1C(F)F. The number of pyridine rings is 6. The Morgan fingerprint density at radius 3 is 1.30 bits per heavy atom. The Kier molecular flexibility index (Phi) is 31.0. The average molecular weight is 1600 g/mol. The molecule has 0 bridgehead atoms. The molecule has 10 heterocycles. The fourth-order valence-corrected chi connectivity index (χ4v) is 15.1. The van der Waals surface area contributed by atoms with Gasteiger partial charge >= 0.3 is 18.5 Å². The van der Waals surface area contributed by atoms with Gasteiger partial charge in [-0.2, -0.15) is 39.5 Å². The predicted molar refractivity (Wildman–Crippen MR) is 383 cm³/mol. The molecule has 0 aromatic carbocycles. The number of carbonyl (C=O) groups is 3. The molecule has 612 valence electrons. The fraction of sp³-hybridized carbons (Fsp3) is 0.582. The van der Waals surface area contributed by atoms with Gasteiger partial charge in [0.25, 0.3) is 37.0 Å². The molecular formula is C79H94F16N12O5. The number of amides is 3. The number of rotatable bonds is 24. The van der Waals surface area contributed by atoms with Crippen LogP contribution in [0.1, 0.15) is 209 Å². The summed E-state index contributed by atoms with van der Waals surface area (Å²) in [7, 11) is 0. The van der Waals surface area contributed by atoms with Crippen LogP contribution in [0.15, 0.2) is 91.4 Å². The predicted octanol–water partition coefficient (Wildman–Crippen LogP) is 15.6. The Bertz CT molecular complexity index is 3850. The summed E-state index contributed by atoms with van der Waals surface area (Å²) in [6.07, 6.45) is -6.71. The van der Waals surface area contributed by atoms with Crippen LogP contribution in [0.25, 0.3) is 0 Å². The highest BCUT2D eigenvalue weighted by molar-refractivity contribution is 5.96. The molecule has 2 atom stereocenters. The Balaban J connectivity index is 0.000000178. The van der Waals surface area contributed by atoms with E-state index in [-0.39, 0.29) is 72.5 Å². The largest absolute Gasteiger partial charge is 0.468 e. The molecule has 0 radical (unpaired) electrons. The summed E-state index contributed by atoms with van der Waals surface area (Å²) in [6.45, 7) is 5.89. The van der Waals surface area contributed by atoms with Crippen molar-refractivity contribution in [3.05, 3.63) is 170 Å². The molecule has 2 unspecified atom stereocenters. The summed E-state index contributed by atoms with van der Waals surface area (Å²) >= 11 is 0. The smallest absolute Gasteiger partial charge is 0.422 e. The Labute approximate surface area is 639 Å². The molecule has 33 heteroatoms. The first kappa shape index (κ1) is 86.2. The van der Waals surface area contributed by atoms with Gasteiger partial charge < -0.3 is 40.1 Å². The molecule has 12 rings (SSSR count). The third kappa shape index (κ3) is 27.0. The van der Waals surface area contributed by atoms with Gasteiger partial charge in [0.15, 0.2) is 6.61 Å². The molecule has 6 aromatic rings. The van der Waals surface area contributed by atoms with Crippen molar-refractivity contribution in [2.75, 3.05) is 72.1 Å². The van der Waals surface area contributed by atoms with Crippen molar-refractivity contribution in [1.82, 2.24) is 60.6 Å². The van der Waals surface area contributed by atoms with Crippen LogP contribution < -0.4 is 20.7 Å². The summed E-state index contributed by atoms with van der Waals surface area (Å²) in [5.41, 5.74) is 3.30. The third-order valence-corrected chi connectivity index (χ3v) is 21.6. The average Bonchev–Trinajstić information content (AvgIpc) is 1.41. The summed E-state index contributed by atoms with van der Waals surface area (Å²) in [4.78, 5) is 68.5. The second kappa shape index (κ2) is 40.2. The van der Waals surface area contributed by atoms with E-state index in [9.17, 15) is 80.2 Å². The van der Waals surface area contributed by atoms with Gasteiger partial charge in [0.05, 0.1) is 35.4 Å². The number of halogens is 16. The van der Waals surface area contributed by atoms with Gasteiger partial charge in [-0.25, -0.2) is 35.7 Å². The molecule has 3 amide bonds. The van der Waals surface area contributed by atoms with Crippen molar-refractivity contribution < 1.29 is 94.1 Å². The lowest BCUT2D eigenvalue weighted by molar-refractivity contribution is -0.154. The molecular weight excluding hydrogens is 1500 g/mol. The molecule has 0 spiro atoms. The molecule has 3 N–H and O–H groups in total. The van der Waals surface area contributed by atoms with Crippen LogP contribution in [0.5, 0.6) is 5.88 Å². The topological polar surface area (TPSA) is 193 Å². The van der Waals surface area contributed by atoms with Crippen LogP contribution in [0, 0.1) is 5.92 Å². The molecule has 112 heavy (non-hydrogen) atoms. The number of fused-ring (bicyclic) bond motifs is 3. The van der Waals surface area contributed by atoms with Gasteiger partial charge in [0, 0.05) is 150 Å². The Morgan fingerprint density at radius 2 is 0.875 bits per heavy atom. The summed E-state index contributed by atoms with van der Waals surface area (Å²) in [6, 6.07) is 18.3. The molecule has 2 saturated carbocycles. The van der Waals surface area contributed by atoms with Crippen molar-refractivity contribution in [2.45, 2.75) is 215 Å². The maximum atomic E-state index is 15.6. The quantitative estimate of drug-likeness (QED) is 0.0485. The van der Waals surface area contributed by atoms with Gasteiger partial charge in [0.1, 0.15) is 22.8 Å². The molecule has 6 aliphatic rings. The highest BCUT2D eigenvalue weighted by atomic mass is 19.4. The molecule has 4 aliphatic heterocycles. The van der Waals surface area contributed by atoms with E-state index in [0.717, 1.165) is 144 Å². The second-order valence-electron chi connectivity index (χ2n) is 29.6. The lowest BCUT2D eigenvalue weighted by atomic mass is 9.81. The number of hydrogen-bond donors (Lipinski definition) is 3. The summed E-state index contributed by atoms with van der Waals surface area (Å²) in [5, 5.41) is 8.43. The van der Waals surface area contributed by atoms with Gasteiger partial charge in [0.2, 0.25) is 5.88 Å². The lowest BCUT2D eigenvalue weighted by Gasteiger charge is -2.35. The van der Waals surface area contributed by atoms with Crippen LogP contribution in [-0.2, 0) is 56.1 Å². The van der Waals surface area contributed by atoms with Crippen molar-refractivity contribution in [1.29, 1.82) is 0 Å². The van der Waals surface area contributed by atoms with E-state index in [1.54, 1.807) is 18.2 Å². The zero-order chi connectivity index (χ0) is 80.2. The number of nitrogens with zero attached hydrogens (tertiary/aromatic N) is 9. The minimum Gasteiger partial charge on any atom is -0.468 e. The number of hydrogen-bond acceptors (Lipinski definition) is 14. The first-order chi connectivity index (χ1) is 53.4. The number of alkyl halides is 16. The van der Waals surface area contributed by atoms with E-state index < -0.39 is 97.7 Å². The summed E-state index contributed by atoms with van der Waals surface area (Å²) in [5.74, 6) is -1.17. The highest BCUT2D eigenvalue weighted by Crippen LogP contribution is 2.37. The van der Waals surface area contributed by atoms with E-state index in [1.165, 1.54) is 61.1 Å². The monoisotopic (exact) mass is 1590 g/mol. The van der Waals surface area contributed by atoms with Crippen LogP contribution >= 0.6 is 0 Å². The van der Waals surface area contributed by atoms with E-state index in [4.69, 9.17) is 9.47 Å². The van der Waals surface area contributed by atoms with Gasteiger partial charge in [-0.15, -0.1) is 0 Å². The Hall–Kier alpha value is -8.17. The zero-order valence-corrected chi connectivity index (χ0v) is 61.9. The minimum atomic E-state index is -4.41. The van der Waals surface area contributed by atoms with E-state index in [0.29, 0.717) is 81.9 Å². The molecule has 6 aromatic heterocycles. The van der Waals surface area contributed by atoms with Crippen LogP contribution in [0.4, 0.5) is 70.2 Å². The maximum Gasteiger partial charge on any atom is 0.422 e. The third-order valence-electron chi connectivity index (χ3n) is 21.6. The minimum absolute atomic E-state index is 0.0178. The van der Waals surface area contributed by atoms with Gasteiger partial charge in [-0.3, -0.25) is 39.3 Å². The van der Waals surface area contributed by atoms with E-state index in [1.807, 2.05) is 12.1 Å².